The second-order valence-electron chi connectivity index (χ2n) is 11.0. The number of fused-ring (bicyclic) bond motifs is 1. The van der Waals surface area contributed by atoms with Crippen molar-refractivity contribution < 1.29 is 28.3 Å². The maximum absolute atomic E-state index is 13.9. The molecule has 2 saturated heterocycles. The Hall–Kier alpha value is -3.60. The molecule has 5 rings (SSSR count). The van der Waals surface area contributed by atoms with Crippen molar-refractivity contribution in [1.82, 2.24) is 15.2 Å². The normalized spacial score (nSPS) is 21.0. The average Bonchev–Trinajstić information content (AvgIpc) is 3.74. The molecule has 222 valence electrons. The van der Waals surface area contributed by atoms with Crippen LogP contribution in [0.5, 0.6) is 0 Å². The lowest BCUT2D eigenvalue weighted by atomic mass is 9.89. The molecule has 3 aromatic rings. The van der Waals surface area contributed by atoms with E-state index in [2.05, 4.69) is 10.3 Å². The highest BCUT2D eigenvalue weighted by Gasteiger charge is 2.44. The molecule has 3 heterocycles. The van der Waals surface area contributed by atoms with E-state index < -0.39 is 18.0 Å². The number of nitrogens with two attached hydrogens (primary N) is 1. The molecule has 2 amide bonds. The SMILES string of the molecule is NCCCC[C@H](CC(=O)[C@@H]1C[C@@H](OCc2ccc(Cl)cc2)CN1C(=O)[C@H]1CCC(=O)N1)C(=O)c1nc2ccccc2o1. The minimum Gasteiger partial charge on any atom is -0.434 e. The zero-order valence-electron chi connectivity index (χ0n) is 23.3. The van der Waals surface area contributed by atoms with Gasteiger partial charge in [-0.3, -0.25) is 19.2 Å². The third-order valence-corrected chi connectivity index (χ3v) is 8.19. The number of hydrogen-bond acceptors (Lipinski definition) is 8. The van der Waals surface area contributed by atoms with Crippen LogP contribution in [-0.4, -0.2) is 64.5 Å². The van der Waals surface area contributed by atoms with Gasteiger partial charge in [-0.1, -0.05) is 42.3 Å². The van der Waals surface area contributed by atoms with Crippen LogP contribution >= 0.6 is 11.6 Å². The molecule has 4 atom stereocenters. The number of nitrogens with zero attached hydrogens (tertiary/aromatic N) is 2. The van der Waals surface area contributed by atoms with Crippen molar-refractivity contribution >= 4 is 46.1 Å². The molecule has 0 spiro atoms. The van der Waals surface area contributed by atoms with Crippen LogP contribution in [0.3, 0.4) is 0 Å². The van der Waals surface area contributed by atoms with Crippen LogP contribution in [0, 0.1) is 5.92 Å². The average molecular weight is 595 g/mol. The molecule has 0 saturated carbocycles. The lowest BCUT2D eigenvalue weighted by Gasteiger charge is -2.27. The highest BCUT2D eigenvalue weighted by Crippen LogP contribution is 2.29. The number of amides is 2. The van der Waals surface area contributed by atoms with Crippen LogP contribution in [0.1, 0.15) is 61.2 Å². The number of aromatic nitrogens is 1. The van der Waals surface area contributed by atoms with Crippen molar-refractivity contribution in [3.63, 3.8) is 0 Å². The number of benzene rings is 2. The van der Waals surface area contributed by atoms with Crippen molar-refractivity contribution in [2.24, 2.45) is 11.7 Å². The molecule has 11 heteroatoms. The largest absolute Gasteiger partial charge is 0.434 e. The quantitative estimate of drug-likeness (QED) is 0.224. The molecule has 0 aliphatic carbocycles. The molecule has 2 aliphatic heterocycles. The third kappa shape index (κ3) is 7.06. The van der Waals surface area contributed by atoms with E-state index in [1.165, 1.54) is 4.90 Å². The Morgan fingerprint density at radius 3 is 2.64 bits per heavy atom. The second kappa shape index (κ2) is 13.6. The number of hydrogen-bond donors (Lipinski definition) is 2. The number of para-hydroxylation sites is 2. The predicted octanol–water partition coefficient (Wildman–Crippen LogP) is 3.83. The van der Waals surface area contributed by atoms with Gasteiger partial charge >= 0.3 is 0 Å². The molecule has 0 radical (unpaired) electrons. The van der Waals surface area contributed by atoms with Gasteiger partial charge in [0.15, 0.2) is 11.4 Å². The zero-order chi connectivity index (χ0) is 29.6. The fraction of sp³-hybridized carbons (Fsp3) is 0.452. The van der Waals surface area contributed by atoms with Gasteiger partial charge in [0.2, 0.25) is 17.6 Å². The molecule has 2 aliphatic rings. The second-order valence-corrected chi connectivity index (χ2v) is 11.4. The van der Waals surface area contributed by atoms with E-state index in [0.29, 0.717) is 61.4 Å². The van der Waals surface area contributed by atoms with Crippen LogP contribution < -0.4 is 11.1 Å². The Morgan fingerprint density at radius 1 is 1.14 bits per heavy atom. The molecule has 42 heavy (non-hydrogen) atoms. The fourth-order valence-electron chi connectivity index (χ4n) is 5.65. The van der Waals surface area contributed by atoms with Crippen LogP contribution in [0.25, 0.3) is 11.1 Å². The van der Waals surface area contributed by atoms with Gasteiger partial charge in [-0.05, 0) is 55.6 Å². The van der Waals surface area contributed by atoms with Crippen molar-refractivity contribution in [2.45, 2.75) is 69.7 Å². The number of likely N-dealkylation sites (tertiary alicyclic amines) is 1. The highest BCUT2D eigenvalue weighted by atomic mass is 35.5. The fourth-order valence-corrected chi connectivity index (χ4v) is 5.78. The summed E-state index contributed by atoms with van der Waals surface area (Å²) < 4.78 is 11.9. The number of nitrogens with one attached hydrogen (secondary N) is 1. The number of carbonyl (C=O) groups excluding carboxylic acids is 4. The summed E-state index contributed by atoms with van der Waals surface area (Å²) in [7, 11) is 0. The first-order chi connectivity index (χ1) is 20.3. The van der Waals surface area contributed by atoms with Gasteiger partial charge in [0, 0.05) is 36.7 Å². The molecule has 0 bridgehead atoms. The number of rotatable bonds is 13. The number of ether oxygens (including phenoxy) is 1. The molecule has 10 nitrogen and oxygen atoms in total. The Labute approximate surface area is 248 Å². The van der Waals surface area contributed by atoms with Gasteiger partial charge in [0.25, 0.3) is 5.89 Å². The van der Waals surface area contributed by atoms with Gasteiger partial charge in [0.05, 0.1) is 18.8 Å². The Balaban J connectivity index is 1.32. The van der Waals surface area contributed by atoms with Crippen molar-refractivity contribution in [1.29, 1.82) is 0 Å². The Kier molecular flexibility index (Phi) is 9.66. The van der Waals surface area contributed by atoms with Gasteiger partial charge < -0.3 is 25.1 Å². The Morgan fingerprint density at radius 2 is 1.93 bits per heavy atom. The van der Waals surface area contributed by atoms with Crippen LogP contribution in [0.4, 0.5) is 0 Å². The first kappa shape index (κ1) is 29.9. The lowest BCUT2D eigenvalue weighted by molar-refractivity contribution is -0.140. The predicted molar refractivity (Wildman–Crippen MR) is 156 cm³/mol. The lowest BCUT2D eigenvalue weighted by Crippen LogP contribution is -2.49. The summed E-state index contributed by atoms with van der Waals surface area (Å²) >= 11 is 5.99. The summed E-state index contributed by atoms with van der Waals surface area (Å²) in [4.78, 5) is 58.6. The molecule has 2 aromatic carbocycles. The van der Waals surface area contributed by atoms with Crippen LogP contribution in [0.2, 0.25) is 5.02 Å². The number of ketones is 2. The smallest absolute Gasteiger partial charge is 0.264 e. The number of unbranched alkanes of at least 4 members (excludes halogenated alkanes) is 1. The summed E-state index contributed by atoms with van der Waals surface area (Å²) in [6.07, 6.45) is 2.29. The zero-order valence-corrected chi connectivity index (χ0v) is 24.1. The molecular weight excluding hydrogens is 560 g/mol. The van der Waals surface area contributed by atoms with E-state index in [-0.39, 0.29) is 54.8 Å². The number of Topliss-reactive ketones (excluding diaryl/α,β-unsaturated/α-hetero) is 2. The topological polar surface area (TPSA) is 145 Å². The number of carbonyl (C=O) groups is 4. The van der Waals surface area contributed by atoms with Gasteiger partial charge in [-0.2, -0.15) is 0 Å². The Bertz CT molecular complexity index is 1410. The minimum absolute atomic E-state index is 0.0288. The molecule has 1 aromatic heterocycles. The summed E-state index contributed by atoms with van der Waals surface area (Å²) in [6, 6.07) is 12.9. The van der Waals surface area contributed by atoms with Crippen molar-refractivity contribution in [3.8, 4) is 0 Å². The summed E-state index contributed by atoms with van der Waals surface area (Å²) in [5, 5.41) is 3.33. The minimum atomic E-state index is -0.779. The summed E-state index contributed by atoms with van der Waals surface area (Å²) in [6.45, 7) is 0.984. The van der Waals surface area contributed by atoms with E-state index in [1.807, 2.05) is 18.2 Å². The van der Waals surface area contributed by atoms with E-state index in [9.17, 15) is 19.2 Å². The van der Waals surface area contributed by atoms with E-state index in [1.54, 1.807) is 30.3 Å². The maximum Gasteiger partial charge on any atom is 0.264 e. The monoisotopic (exact) mass is 594 g/mol. The van der Waals surface area contributed by atoms with Gasteiger partial charge in [-0.25, -0.2) is 4.98 Å². The molecular formula is C31H35ClN4O6. The van der Waals surface area contributed by atoms with Gasteiger partial charge in [-0.15, -0.1) is 0 Å². The van der Waals surface area contributed by atoms with Crippen molar-refractivity contribution in [2.75, 3.05) is 13.1 Å². The molecule has 0 unspecified atom stereocenters. The van der Waals surface area contributed by atoms with Crippen molar-refractivity contribution in [3.05, 3.63) is 65.0 Å². The highest BCUT2D eigenvalue weighted by molar-refractivity contribution is 6.30. The van der Waals surface area contributed by atoms with Crippen LogP contribution in [-0.2, 0) is 25.7 Å². The summed E-state index contributed by atoms with van der Waals surface area (Å²) in [5.74, 6) is -1.76. The van der Waals surface area contributed by atoms with Gasteiger partial charge in [0.1, 0.15) is 11.6 Å². The van der Waals surface area contributed by atoms with E-state index in [4.69, 9.17) is 26.5 Å². The first-order valence-corrected chi connectivity index (χ1v) is 14.8. The number of halogens is 1. The van der Waals surface area contributed by atoms with Crippen LogP contribution in [0.15, 0.2) is 52.9 Å². The summed E-state index contributed by atoms with van der Waals surface area (Å²) in [5.41, 5.74) is 7.68. The molecule has 2 fully saturated rings. The third-order valence-electron chi connectivity index (χ3n) is 7.94. The molecule has 3 N–H and O–H groups in total. The standard InChI is InChI=1S/C31H35ClN4O6/c32-21-10-8-19(9-11-21)18-41-22-16-25(36(17-22)31(40)24-12-13-28(38)34-24)26(37)15-20(5-3-4-14-33)29(39)30-35-23-6-1-2-7-27(23)42-30/h1-2,6-11,20,22,24-25H,3-5,12-18,33H2,(H,34,38)/t20-,22-,24-,25+/m1/s1. The van der Waals surface area contributed by atoms with E-state index in [0.717, 1.165) is 5.56 Å². The van der Waals surface area contributed by atoms with E-state index >= 15 is 0 Å². The maximum atomic E-state index is 13.9. The first-order valence-electron chi connectivity index (χ1n) is 14.4. The number of oxazole rings is 1.